The summed E-state index contributed by atoms with van der Waals surface area (Å²) < 4.78 is 6.01. The fourth-order valence-corrected chi connectivity index (χ4v) is 6.10. The average molecular weight is 638 g/mol. The highest BCUT2D eigenvalue weighted by Crippen LogP contribution is 2.37. The van der Waals surface area contributed by atoms with Gasteiger partial charge in [0.15, 0.2) is 0 Å². The van der Waals surface area contributed by atoms with E-state index >= 15 is 0 Å². The summed E-state index contributed by atoms with van der Waals surface area (Å²) in [6, 6.07) is 9.63. The van der Waals surface area contributed by atoms with Gasteiger partial charge in [0.1, 0.15) is 11.8 Å². The van der Waals surface area contributed by atoms with Crippen LogP contribution in [-0.2, 0) is 14.3 Å². The highest BCUT2D eigenvalue weighted by atomic mass is 16.5. The third kappa shape index (κ3) is 10.7. The summed E-state index contributed by atoms with van der Waals surface area (Å²) in [5.41, 5.74) is 2.97. The molecule has 0 radical (unpaired) electrons. The van der Waals surface area contributed by atoms with Crippen LogP contribution in [0.3, 0.4) is 0 Å². The normalized spacial score (nSPS) is 13.2. The van der Waals surface area contributed by atoms with Crippen molar-refractivity contribution in [2.75, 3.05) is 6.54 Å². The molecule has 1 N–H and O–H groups in total. The Labute approximate surface area is 280 Å². The minimum absolute atomic E-state index is 0.0193. The number of para-hydroxylation sites is 1. The summed E-state index contributed by atoms with van der Waals surface area (Å²) in [6.07, 6.45) is 24.0. The number of ether oxygens (including phenoxy) is 1. The fraction of sp³-hybridized carbons (Fsp3) is 0.475. The molecule has 1 aliphatic rings. The summed E-state index contributed by atoms with van der Waals surface area (Å²) in [6.45, 7) is 5.95. The first-order chi connectivity index (χ1) is 22.9. The lowest BCUT2D eigenvalue weighted by molar-refractivity contribution is -0.146. The first kappa shape index (κ1) is 35.7. The van der Waals surface area contributed by atoms with Crippen molar-refractivity contribution in [3.63, 3.8) is 0 Å². The molecule has 0 aliphatic heterocycles. The van der Waals surface area contributed by atoms with Crippen molar-refractivity contribution in [1.29, 1.82) is 0 Å². The summed E-state index contributed by atoms with van der Waals surface area (Å²) >= 11 is 0. The molecule has 1 aliphatic carbocycles. The number of hydrogen-bond donors (Lipinski definition) is 1. The van der Waals surface area contributed by atoms with E-state index in [2.05, 4.69) is 29.4 Å². The highest BCUT2D eigenvalue weighted by Gasteiger charge is 2.31. The smallest absolute Gasteiger partial charge is 0.306 e. The third-order valence-electron chi connectivity index (χ3n) is 8.55. The zero-order valence-corrected chi connectivity index (χ0v) is 28.5. The monoisotopic (exact) mass is 637 g/mol. The van der Waals surface area contributed by atoms with Crippen LogP contribution in [0.5, 0.6) is 0 Å². The van der Waals surface area contributed by atoms with E-state index in [1.807, 2.05) is 44.2 Å². The number of hydrogen-bond acceptors (Lipinski definition) is 6. The number of unbranched alkanes of at least 4 members (excludes halogenated alkanes) is 11. The molecular formula is C40H51N3O4. The van der Waals surface area contributed by atoms with Gasteiger partial charge in [0.2, 0.25) is 11.7 Å². The molecule has 47 heavy (non-hydrogen) atoms. The van der Waals surface area contributed by atoms with Crippen LogP contribution in [0.15, 0.2) is 66.4 Å². The number of carbonyl (C=O) groups is 3. The van der Waals surface area contributed by atoms with Crippen LogP contribution >= 0.6 is 0 Å². The third-order valence-corrected chi connectivity index (χ3v) is 8.55. The molecule has 7 heteroatoms. The predicted molar refractivity (Wildman–Crippen MR) is 191 cm³/mol. The number of ketones is 1. The van der Waals surface area contributed by atoms with Gasteiger partial charge in [-0.3, -0.25) is 19.4 Å². The fourth-order valence-electron chi connectivity index (χ4n) is 6.10. The summed E-state index contributed by atoms with van der Waals surface area (Å²) in [7, 11) is 0. The molecule has 0 bridgehead atoms. The Hall–Kier alpha value is -4.13. The van der Waals surface area contributed by atoms with Gasteiger partial charge in [0.05, 0.1) is 17.8 Å². The lowest BCUT2D eigenvalue weighted by Gasteiger charge is -2.25. The maximum Gasteiger partial charge on any atom is 0.306 e. The Bertz CT molecular complexity index is 1620. The first-order valence-electron chi connectivity index (χ1n) is 17.6. The molecule has 250 valence electrons. The molecule has 0 saturated carbocycles. The second kappa shape index (κ2) is 18.9. The van der Waals surface area contributed by atoms with E-state index in [0.29, 0.717) is 22.3 Å². The van der Waals surface area contributed by atoms with E-state index in [9.17, 15) is 14.4 Å². The quantitative estimate of drug-likeness (QED) is 0.0436. The van der Waals surface area contributed by atoms with Crippen molar-refractivity contribution < 1.29 is 19.1 Å². The minimum atomic E-state index is -0.880. The van der Waals surface area contributed by atoms with Gasteiger partial charge >= 0.3 is 5.97 Å². The van der Waals surface area contributed by atoms with E-state index in [1.165, 1.54) is 57.1 Å². The van der Waals surface area contributed by atoms with Gasteiger partial charge in [-0.25, -0.2) is 4.98 Å². The molecule has 7 nitrogen and oxygen atoms in total. The molecule has 4 rings (SSSR count). The van der Waals surface area contributed by atoms with E-state index in [1.54, 1.807) is 6.20 Å². The van der Waals surface area contributed by atoms with E-state index in [0.717, 1.165) is 60.4 Å². The van der Waals surface area contributed by atoms with Crippen LogP contribution in [0.4, 0.5) is 0 Å². The lowest BCUT2D eigenvalue weighted by Crippen LogP contribution is -2.36. The van der Waals surface area contributed by atoms with Crippen molar-refractivity contribution in [1.82, 2.24) is 15.3 Å². The number of amides is 1. The number of carbonyl (C=O) groups excluding carboxylic acids is 3. The maximum atomic E-state index is 13.3. The number of nitrogens with one attached hydrogen (secondary N) is 1. The van der Waals surface area contributed by atoms with Crippen molar-refractivity contribution in [2.45, 2.75) is 117 Å². The molecule has 3 aromatic rings. The summed E-state index contributed by atoms with van der Waals surface area (Å²) in [4.78, 5) is 48.3. The molecule has 0 fully saturated rings. The molecule has 2 heterocycles. The van der Waals surface area contributed by atoms with Gasteiger partial charge in [-0.05, 0) is 69.5 Å². The SMILES string of the molecule is CCCCCCCC/C=C/CCCCCCCC(=O)OC(CNC(=O)C=C(C)C)C1=CC(=O)c2nccc3c2c1nc1ccccc13. The number of aromatic nitrogens is 2. The standard InChI is InChI=1S/C40H51N3O4/c1-4-5-6-7-8-9-10-11-12-13-14-15-16-17-18-23-37(46)47-35(28-42-36(45)26-29(2)3)32-27-34(44)40-38-31(24-25-41-40)30-21-19-20-22-33(30)43-39(32)38/h11-12,19-22,24-27,35H,4-10,13-18,23,28H2,1-3H3,(H,42,45)/b12-11+. The largest absolute Gasteiger partial charge is 0.455 e. The van der Waals surface area contributed by atoms with Gasteiger partial charge in [-0.1, -0.05) is 94.2 Å². The average Bonchev–Trinajstić information content (AvgIpc) is 3.06. The van der Waals surface area contributed by atoms with Crippen LogP contribution in [0.1, 0.15) is 127 Å². The number of fused-ring (bicyclic) bond motifs is 2. The van der Waals surface area contributed by atoms with Crippen LogP contribution < -0.4 is 5.32 Å². The van der Waals surface area contributed by atoms with Crippen LogP contribution in [-0.4, -0.2) is 40.3 Å². The number of esters is 1. The molecule has 1 amide bonds. The van der Waals surface area contributed by atoms with Crippen LogP contribution in [0.2, 0.25) is 0 Å². The Kier molecular flexibility index (Phi) is 14.3. The number of allylic oxidation sites excluding steroid dienone is 4. The minimum Gasteiger partial charge on any atom is -0.455 e. The molecule has 1 aromatic carbocycles. The first-order valence-corrected chi connectivity index (χ1v) is 17.6. The Morgan fingerprint density at radius 2 is 1.53 bits per heavy atom. The number of pyridine rings is 2. The topological polar surface area (TPSA) is 98.2 Å². The number of rotatable bonds is 20. The molecule has 0 saturated heterocycles. The Morgan fingerprint density at radius 1 is 0.851 bits per heavy atom. The van der Waals surface area contributed by atoms with E-state index in [4.69, 9.17) is 9.72 Å². The molecule has 1 unspecified atom stereocenters. The zero-order chi connectivity index (χ0) is 33.4. The number of benzene rings is 1. The second-order valence-electron chi connectivity index (χ2n) is 12.8. The summed E-state index contributed by atoms with van der Waals surface area (Å²) in [5, 5.41) is 5.27. The van der Waals surface area contributed by atoms with Crippen LogP contribution in [0.25, 0.3) is 27.2 Å². The van der Waals surface area contributed by atoms with Gasteiger partial charge in [0, 0.05) is 35.0 Å². The zero-order valence-electron chi connectivity index (χ0n) is 28.5. The number of nitrogens with zero attached hydrogens (tertiary/aromatic N) is 2. The Balaban J connectivity index is 1.33. The Morgan fingerprint density at radius 3 is 2.26 bits per heavy atom. The molecule has 1 atom stereocenters. The van der Waals surface area contributed by atoms with E-state index in [-0.39, 0.29) is 30.6 Å². The van der Waals surface area contributed by atoms with Gasteiger partial charge in [-0.2, -0.15) is 0 Å². The van der Waals surface area contributed by atoms with E-state index < -0.39 is 6.10 Å². The summed E-state index contributed by atoms with van der Waals surface area (Å²) in [5.74, 6) is -0.916. The maximum absolute atomic E-state index is 13.3. The van der Waals surface area contributed by atoms with Crippen LogP contribution in [0, 0.1) is 0 Å². The molecular weight excluding hydrogens is 586 g/mol. The lowest BCUT2D eigenvalue weighted by atomic mass is 9.90. The van der Waals surface area contributed by atoms with Crippen molar-refractivity contribution in [3.05, 3.63) is 77.8 Å². The van der Waals surface area contributed by atoms with Crippen molar-refractivity contribution >= 4 is 44.9 Å². The molecule has 0 spiro atoms. The van der Waals surface area contributed by atoms with Gasteiger partial charge in [0.25, 0.3) is 0 Å². The molecule has 2 aromatic heterocycles. The van der Waals surface area contributed by atoms with Crippen molar-refractivity contribution in [2.24, 2.45) is 0 Å². The predicted octanol–water partition coefficient (Wildman–Crippen LogP) is 9.39. The highest BCUT2D eigenvalue weighted by molar-refractivity contribution is 6.24. The van der Waals surface area contributed by atoms with Gasteiger partial charge < -0.3 is 10.1 Å². The van der Waals surface area contributed by atoms with Crippen molar-refractivity contribution in [3.8, 4) is 0 Å². The van der Waals surface area contributed by atoms with Gasteiger partial charge in [-0.15, -0.1) is 0 Å². The second-order valence-corrected chi connectivity index (χ2v) is 12.8.